The average Bonchev–Trinajstić information content (AvgIpc) is 3.60. The minimum atomic E-state index is -0.573. The van der Waals surface area contributed by atoms with Crippen molar-refractivity contribution in [1.82, 2.24) is 15.5 Å². The predicted octanol–water partition coefficient (Wildman–Crippen LogP) is 3.41. The third kappa shape index (κ3) is 5.62. The molecule has 3 aliphatic rings. The van der Waals surface area contributed by atoms with Gasteiger partial charge in [-0.1, -0.05) is 45.2 Å². The van der Waals surface area contributed by atoms with Crippen LogP contribution in [0.5, 0.6) is 0 Å². The molecule has 1 atom stereocenters. The molecule has 7 heteroatoms. The molecule has 1 aromatic rings. The van der Waals surface area contributed by atoms with Gasteiger partial charge in [0.2, 0.25) is 5.91 Å². The van der Waals surface area contributed by atoms with Crippen LogP contribution in [0.15, 0.2) is 18.2 Å². The molecule has 1 aliphatic heterocycles. The Morgan fingerprint density at radius 3 is 2.39 bits per heavy atom. The summed E-state index contributed by atoms with van der Waals surface area (Å²) in [6.07, 6.45) is 7.33. The van der Waals surface area contributed by atoms with E-state index in [2.05, 4.69) is 10.6 Å². The van der Waals surface area contributed by atoms with Gasteiger partial charge in [0.15, 0.2) is 5.78 Å². The number of benzene rings is 1. The summed E-state index contributed by atoms with van der Waals surface area (Å²) in [4.78, 5) is 39.9. The number of ketones is 1. The van der Waals surface area contributed by atoms with Gasteiger partial charge < -0.3 is 15.5 Å². The summed E-state index contributed by atoms with van der Waals surface area (Å²) in [6.45, 7) is 4.94. The molecule has 180 valence electrons. The van der Waals surface area contributed by atoms with Crippen molar-refractivity contribution in [2.24, 2.45) is 11.8 Å². The fraction of sp³-hybridized carbons (Fsp3) is 0.654. The van der Waals surface area contributed by atoms with Crippen molar-refractivity contribution in [2.45, 2.75) is 76.8 Å². The van der Waals surface area contributed by atoms with E-state index in [1.807, 2.05) is 13.8 Å². The van der Waals surface area contributed by atoms with Gasteiger partial charge in [0.1, 0.15) is 5.82 Å². The van der Waals surface area contributed by atoms with Crippen LogP contribution < -0.4 is 10.6 Å². The van der Waals surface area contributed by atoms with E-state index in [9.17, 15) is 14.4 Å². The van der Waals surface area contributed by atoms with Crippen LogP contribution in [-0.4, -0.2) is 54.2 Å². The first kappa shape index (κ1) is 23.9. The van der Waals surface area contributed by atoms with Crippen LogP contribution >= 0.6 is 0 Å². The summed E-state index contributed by atoms with van der Waals surface area (Å²) in [5.41, 5.74) is 0.441. The first-order chi connectivity index (χ1) is 15.8. The second kappa shape index (κ2) is 10.3. The van der Waals surface area contributed by atoms with E-state index < -0.39 is 17.8 Å². The van der Waals surface area contributed by atoms with Crippen molar-refractivity contribution in [3.8, 4) is 0 Å². The molecule has 2 N–H and O–H groups in total. The molecule has 2 amide bonds. The standard InChI is InChI=1S/C26H36FN3O3/c1-16(2)25(32)24(17-7-4-3-5-8-17)29-26(33)21-10-6-9-20(23(21)27)18-14-30(15-18)22(31)13-28-19-11-12-19/h6,9-10,16-19,24,28H,3-5,7-8,11-15H2,1-2H3,(H,29,33)/t24-/m1/s1. The van der Waals surface area contributed by atoms with E-state index in [0.717, 1.165) is 44.9 Å². The topological polar surface area (TPSA) is 78.5 Å². The zero-order valence-electron chi connectivity index (χ0n) is 19.7. The molecule has 0 aromatic heterocycles. The number of amides is 2. The van der Waals surface area contributed by atoms with Crippen molar-refractivity contribution in [3.63, 3.8) is 0 Å². The summed E-state index contributed by atoms with van der Waals surface area (Å²) in [6, 6.07) is 4.76. The Bertz CT molecular complexity index is 887. The van der Waals surface area contributed by atoms with E-state index in [1.54, 1.807) is 17.0 Å². The molecule has 2 saturated carbocycles. The fourth-order valence-electron chi connectivity index (χ4n) is 5.02. The molecule has 4 rings (SSSR count). The molecule has 1 aromatic carbocycles. The lowest BCUT2D eigenvalue weighted by molar-refractivity contribution is -0.134. The molecule has 0 spiro atoms. The van der Waals surface area contributed by atoms with Crippen molar-refractivity contribution in [3.05, 3.63) is 35.1 Å². The number of halogens is 1. The largest absolute Gasteiger partial charge is 0.342 e. The highest BCUT2D eigenvalue weighted by atomic mass is 19.1. The van der Waals surface area contributed by atoms with E-state index in [0.29, 0.717) is 31.2 Å². The Labute approximate surface area is 195 Å². The minimum absolute atomic E-state index is 0.0137. The predicted molar refractivity (Wildman–Crippen MR) is 124 cm³/mol. The third-order valence-electron chi connectivity index (χ3n) is 7.35. The fourth-order valence-corrected chi connectivity index (χ4v) is 5.02. The van der Waals surface area contributed by atoms with Crippen LogP contribution in [0.3, 0.4) is 0 Å². The average molecular weight is 458 g/mol. The van der Waals surface area contributed by atoms with Crippen LogP contribution in [-0.2, 0) is 9.59 Å². The van der Waals surface area contributed by atoms with Crippen molar-refractivity contribution in [1.29, 1.82) is 0 Å². The van der Waals surface area contributed by atoms with Gasteiger partial charge in [-0.05, 0) is 43.2 Å². The number of Topliss-reactive ketones (excluding diaryl/α,β-unsaturated/α-hetero) is 1. The van der Waals surface area contributed by atoms with Crippen molar-refractivity contribution >= 4 is 17.6 Å². The molecular weight excluding hydrogens is 421 g/mol. The Morgan fingerprint density at radius 1 is 1.06 bits per heavy atom. The molecule has 1 heterocycles. The monoisotopic (exact) mass is 457 g/mol. The van der Waals surface area contributed by atoms with Gasteiger partial charge in [-0.3, -0.25) is 14.4 Å². The molecular formula is C26H36FN3O3. The summed E-state index contributed by atoms with van der Waals surface area (Å²) in [5.74, 6) is -1.22. The van der Waals surface area contributed by atoms with Gasteiger partial charge in [-0.2, -0.15) is 0 Å². The number of carbonyl (C=O) groups excluding carboxylic acids is 3. The highest BCUT2D eigenvalue weighted by Crippen LogP contribution is 2.31. The molecule has 6 nitrogen and oxygen atoms in total. The summed E-state index contributed by atoms with van der Waals surface area (Å²) in [5, 5.41) is 6.10. The lowest BCUT2D eigenvalue weighted by Gasteiger charge is -2.40. The lowest BCUT2D eigenvalue weighted by Crippen LogP contribution is -2.51. The van der Waals surface area contributed by atoms with Gasteiger partial charge in [0.25, 0.3) is 5.91 Å². The SMILES string of the molecule is CC(C)C(=O)[C@H](NC(=O)c1cccc(C2CN(C(=O)CNC3CC3)C2)c1F)C1CCCCC1. The van der Waals surface area contributed by atoms with Crippen LogP contribution in [0.2, 0.25) is 0 Å². The quantitative estimate of drug-likeness (QED) is 0.596. The van der Waals surface area contributed by atoms with Crippen LogP contribution in [0.1, 0.15) is 80.6 Å². The Kier molecular flexibility index (Phi) is 7.47. The number of nitrogens with zero attached hydrogens (tertiary/aromatic N) is 1. The number of nitrogens with one attached hydrogen (secondary N) is 2. The van der Waals surface area contributed by atoms with Gasteiger partial charge in [0, 0.05) is 31.0 Å². The molecule has 3 fully saturated rings. The second-order valence-electron chi connectivity index (χ2n) is 10.3. The van der Waals surface area contributed by atoms with Gasteiger partial charge >= 0.3 is 0 Å². The van der Waals surface area contributed by atoms with Crippen molar-refractivity contribution in [2.75, 3.05) is 19.6 Å². The number of carbonyl (C=O) groups is 3. The lowest BCUT2D eigenvalue weighted by atomic mass is 9.80. The summed E-state index contributed by atoms with van der Waals surface area (Å²) < 4.78 is 15.4. The Hall–Kier alpha value is -2.28. The minimum Gasteiger partial charge on any atom is -0.342 e. The maximum Gasteiger partial charge on any atom is 0.254 e. The van der Waals surface area contributed by atoms with E-state index in [1.165, 1.54) is 6.07 Å². The smallest absolute Gasteiger partial charge is 0.254 e. The van der Waals surface area contributed by atoms with Crippen LogP contribution in [0.4, 0.5) is 4.39 Å². The molecule has 0 radical (unpaired) electrons. The number of hydrogen-bond donors (Lipinski definition) is 2. The van der Waals surface area contributed by atoms with Crippen molar-refractivity contribution < 1.29 is 18.8 Å². The first-order valence-corrected chi connectivity index (χ1v) is 12.5. The number of likely N-dealkylation sites (tertiary alicyclic amines) is 1. The third-order valence-corrected chi connectivity index (χ3v) is 7.35. The zero-order valence-corrected chi connectivity index (χ0v) is 19.7. The highest BCUT2D eigenvalue weighted by molar-refractivity contribution is 5.98. The van der Waals surface area contributed by atoms with Crippen LogP contribution in [0, 0.1) is 17.7 Å². The maximum absolute atomic E-state index is 15.4. The zero-order chi connectivity index (χ0) is 23.5. The van der Waals surface area contributed by atoms with Crippen LogP contribution in [0.25, 0.3) is 0 Å². The second-order valence-corrected chi connectivity index (χ2v) is 10.3. The van der Waals surface area contributed by atoms with E-state index in [-0.39, 0.29) is 35.0 Å². The highest BCUT2D eigenvalue weighted by Gasteiger charge is 2.36. The molecule has 0 unspecified atom stereocenters. The van der Waals surface area contributed by atoms with Gasteiger partial charge in [0.05, 0.1) is 18.2 Å². The van der Waals surface area contributed by atoms with E-state index in [4.69, 9.17) is 0 Å². The Balaban J connectivity index is 1.41. The normalized spacial score (nSPS) is 20.4. The Morgan fingerprint density at radius 2 is 1.76 bits per heavy atom. The van der Waals surface area contributed by atoms with Gasteiger partial charge in [-0.25, -0.2) is 4.39 Å². The molecule has 2 aliphatic carbocycles. The molecule has 0 bridgehead atoms. The maximum atomic E-state index is 15.4. The van der Waals surface area contributed by atoms with Gasteiger partial charge in [-0.15, -0.1) is 0 Å². The number of rotatable bonds is 9. The first-order valence-electron chi connectivity index (χ1n) is 12.5. The summed E-state index contributed by atoms with van der Waals surface area (Å²) >= 11 is 0. The van der Waals surface area contributed by atoms with E-state index >= 15 is 4.39 Å². The number of hydrogen-bond acceptors (Lipinski definition) is 4. The molecule has 33 heavy (non-hydrogen) atoms. The molecule has 1 saturated heterocycles. The summed E-state index contributed by atoms with van der Waals surface area (Å²) in [7, 11) is 0.